The van der Waals surface area contributed by atoms with Gasteiger partial charge in [0.2, 0.25) is 0 Å². The lowest BCUT2D eigenvalue weighted by Crippen LogP contribution is -2.63. The third kappa shape index (κ3) is 11.0. The van der Waals surface area contributed by atoms with Crippen molar-refractivity contribution in [1.29, 1.82) is 0 Å². The Bertz CT molecular complexity index is 1990. The second-order valence-corrected chi connectivity index (χ2v) is 16.2. The maximum Gasteiger partial charge on any atom is 0.417 e. The van der Waals surface area contributed by atoms with E-state index in [-0.39, 0.29) is 25.4 Å². The van der Waals surface area contributed by atoms with Gasteiger partial charge in [-0.3, -0.25) is 9.79 Å². The van der Waals surface area contributed by atoms with E-state index in [2.05, 4.69) is 0 Å². The van der Waals surface area contributed by atoms with Crippen LogP contribution in [0, 0.1) is 0 Å². The first kappa shape index (κ1) is 43.0. The number of hydrogen-bond donors (Lipinski definition) is 0. The fourth-order valence-corrected chi connectivity index (χ4v) is 8.60. The average molecular weight is 836 g/mol. The first-order valence-electron chi connectivity index (χ1n) is 19.5. The van der Waals surface area contributed by atoms with Crippen LogP contribution < -0.4 is 0 Å². The summed E-state index contributed by atoms with van der Waals surface area (Å²) in [5.41, 5.74) is 0.198. The van der Waals surface area contributed by atoms with Gasteiger partial charge in [0.05, 0.1) is 24.9 Å². The summed E-state index contributed by atoms with van der Waals surface area (Å²) in [4.78, 5) is 18.0. The van der Waals surface area contributed by atoms with Crippen LogP contribution in [0.15, 0.2) is 125 Å². The van der Waals surface area contributed by atoms with E-state index in [1.807, 2.05) is 112 Å². The van der Waals surface area contributed by atoms with Crippen LogP contribution in [-0.2, 0) is 62.1 Å². The van der Waals surface area contributed by atoms with Gasteiger partial charge in [-0.15, -0.1) is 0 Å². The Morgan fingerprint density at radius 3 is 1.98 bits per heavy atom. The fourth-order valence-electron chi connectivity index (χ4n) is 7.44. The number of carbonyl (C=O) groups excluding carboxylic acids is 1. The number of hydrogen-bond acceptors (Lipinski definition) is 11. The normalized spacial score (nSPS) is 29.3. The van der Waals surface area contributed by atoms with Crippen LogP contribution >= 0.6 is 11.8 Å². The van der Waals surface area contributed by atoms with Crippen molar-refractivity contribution in [2.75, 3.05) is 6.61 Å². The lowest BCUT2D eigenvalue weighted by molar-refractivity contribution is -0.315. The van der Waals surface area contributed by atoms with Crippen molar-refractivity contribution in [2.24, 2.45) is 4.99 Å². The molecule has 0 N–H and O–H groups in total. The number of ether oxygens (including phenoxy) is 8. The Balaban J connectivity index is 1.28. The molecule has 3 saturated heterocycles. The Morgan fingerprint density at radius 1 is 0.780 bits per heavy atom. The number of esters is 1. The highest BCUT2D eigenvalue weighted by Crippen LogP contribution is 2.45. The Kier molecular flexibility index (Phi) is 13.9. The molecule has 0 spiro atoms. The van der Waals surface area contributed by atoms with E-state index in [9.17, 15) is 18.0 Å². The molecule has 4 aromatic carbocycles. The molecule has 7 rings (SSSR count). The number of thioether (sulfide) groups is 1. The summed E-state index contributed by atoms with van der Waals surface area (Å²) in [7, 11) is 0. The molecule has 0 saturated carbocycles. The second-order valence-electron chi connectivity index (χ2n) is 15.0. The molecule has 0 amide bonds. The molecule has 0 unspecified atom stereocenters. The molecule has 3 aliphatic heterocycles. The van der Waals surface area contributed by atoms with Crippen LogP contribution in [0.5, 0.6) is 0 Å². The topological polar surface area (TPSA) is 103 Å². The highest BCUT2D eigenvalue weighted by atomic mass is 32.2. The van der Waals surface area contributed by atoms with Crippen molar-refractivity contribution in [2.45, 2.75) is 118 Å². The average Bonchev–Trinajstić information content (AvgIpc) is 3.55. The Morgan fingerprint density at radius 2 is 1.36 bits per heavy atom. The van der Waals surface area contributed by atoms with Gasteiger partial charge >= 0.3 is 12.1 Å². The van der Waals surface area contributed by atoms with Crippen LogP contribution in [0.2, 0.25) is 0 Å². The maximum absolute atomic E-state index is 14.3. The van der Waals surface area contributed by atoms with Gasteiger partial charge in [-0.05, 0) is 50.1 Å². The van der Waals surface area contributed by atoms with Crippen molar-refractivity contribution in [3.63, 3.8) is 0 Å². The van der Waals surface area contributed by atoms with E-state index < -0.39 is 84.0 Å². The summed E-state index contributed by atoms with van der Waals surface area (Å²) >= 11 is 1.51. The second kappa shape index (κ2) is 19.1. The molecule has 0 aromatic heterocycles. The molecular weight excluding hydrogens is 788 g/mol. The molecule has 3 aliphatic rings. The molecule has 0 radical (unpaired) electrons. The van der Waals surface area contributed by atoms with E-state index in [0.717, 1.165) is 22.1 Å². The minimum Gasteiger partial charge on any atom is -0.463 e. The number of alkyl halides is 3. The molecular formula is C45H48F3NO9S. The minimum absolute atomic E-state index is 0.0893. The summed E-state index contributed by atoms with van der Waals surface area (Å²) in [6.07, 6.45) is -10.3. The zero-order valence-corrected chi connectivity index (χ0v) is 33.9. The quantitative estimate of drug-likeness (QED) is 0.0910. The van der Waals surface area contributed by atoms with Crippen molar-refractivity contribution < 1.29 is 55.9 Å². The van der Waals surface area contributed by atoms with Gasteiger partial charge in [-0.1, -0.05) is 109 Å². The van der Waals surface area contributed by atoms with E-state index in [1.165, 1.54) is 43.1 Å². The minimum atomic E-state index is -4.65. The molecule has 3 fully saturated rings. The van der Waals surface area contributed by atoms with Crippen molar-refractivity contribution in [1.82, 2.24) is 0 Å². The SMILES string of the molecule is CC(=O)OC[C@H]1O[C@H](O[C@@H]2[C@H]3OC(C)(C)O[C@H]3[C@H](Sc3ccccc3)O[C@H]2C)[C@H](N=Cc2ccccc2C(F)(F)F)[C@@H](OCc2ccccc2)[C@@H]1OCc1ccccc1. The third-order valence-corrected chi connectivity index (χ3v) is 11.3. The molecule has 10 nitrogen and oxygen atoms in total. The molecule has 10 atom stereocenters. The zero-order chi connectivity index (χ0) is 41.6. The van der Waals surface area contributed by atoms with Crippen LogP contribution in [0.4, 0.5) is 13.2 Å². The monoisotopic (exact) mass is 835 g/mol. The Labute approximate surface area is 346 Å². The molecule has 4 aromatic rings. The number of rotatable bonds is 14. The predicted octanol–water partition coefficient (Wildman–Crippen LogP) is 8.39. The number of halogens is 3. The van der Waals surface area contributed by atoms with Gasteiger partial charge in [0.15, 0.2) is 12.1 Å². The highest BCUT2D eigenvalue weighted by molar-refractivity contribution is 7.99. The summed E-state index contributed by atoms with van der Waals surface area (Å²) in [5.74, 6) is -1.54. The van der Waals surface area contributed by atoms with Crippen molar-refractivity contribution in [3.8, 4) is 0 Å². The molecule has 0 bridgehead atoms. The molecule has 0 aliphatic carbocycles. The molecule has 314 valence electrons. The molecule has 14 heteroatoms. The predicted molar refractivity (Wildman–Crippen MR) is 213 cm³/mol. The first-order valence-corrected chi connectivity index (χ1v) is 20.4. The standard InChI is InChI=1S/C45H48F3NO9S/c1-28-37(40-41(58-44(3,4)57-40)43(54-28)59-33-21-12-7-13-22-33)56-42-36(49-24-32-20-14-15-23-34(32)45(46,47)48)39(53-26-31-18-10-6-11-19-31)38(35(55-42)27-51-29(2)50)52-25-30-16-8-5-9-17-30/h5-24,28,35-43H,25-27H2,1-4H3/t28-,35+,36+,37-,38+,39+,40+,41+,42+,43-/m0/s1. The maximum atomic E-state index is 14.3. The van der Waals surface area contributed by atoms with Crippen LogP contribution in [0.3, 0.4) is 0 Å². The van der Waals surface area contributed by atoms with Gasteiger partial charge in [-0.25, -0.2) is 0 Å². The third-order valence-electron chi connectivity index (χ3n) is 10.1. The van der Waals surface area contributed by atoms with Crippen molar-refractivity contribution in [3.05, 3.63) is 138 Å². The van der Waals surface area contributed by atoms with E-state index in [0.29, 0.717) is 0 Å². The number of fused-ring (bicyclic) bond motifs is 1. The van der Waals surface area contributed by atoms with Gasteiger partial charge in [0, 0.05) is 23.6 Å². The zero-order valence-electron chi connectivity index (χ0n) is 33.1. The van der Waals surface area contributed by atoms with Crippen molar-refractivity contribution >= 4 is 23.9 Å². The van der Waals surface area contributed by atoms with Gasteiger partial charge in [0.25, 0.3) is 0 Å². The van der Waals surface area contributed by atoms with Crippen LogP contribution in [0.25, 0.3) is 0 Å². The van der Waals surface area contributed by atoms with Crippen LogP contribution in [0.1, 0.15) is 49.9 Å². The lowest BCUT2D eigenvalue weighted by Gasteiger charge is -2.47. The number of benzene rings is 4. The number of aliphatic imine (C=N–C) groups is 1. The van der Waals surface area contributed by atoms with E-state index in [4.69, 9.17) is 42.9 Å². The first-order chi connectivity index (χ1) is 28.3. The summed E-state index contributed by atoms with van der Waals surface area (Å²) in [6.45, 7) is 6.75. The van der Waals surface area contributed by atoms with E-state index >= 15 is 0 Å². The Hall–Kier alpha value is -4.12. The summed E-state index contributed by atoms with van der Waals surface area (Å²) in [5, 5.41) is 0. The summed E-state index contributed by atoms with van der Waals surface area (Å²) in [6, 6.07) is 32.7. The smallest absolute Gasteiger partial charge is 0.417 e. The number of carbonyl (C=O) groups is 1. The van der Waals surface area contributed by atoms with Gasteiger partial charge < -0.3 is 37.9 Å². The highest BCUT2D eigenvalue weighted by Gasteiger charge is 2.57. The molecule has 3 heterocycles. The molecule has 59 heavy (non-hydrogen) atoms. The fraction of sp³-hybridized carbons (Fsp3) is 0.422. The van der Waals surface area contributed by atoms with Gasteiger partial charge in [-0.2, -0.15) is 13.2 Å². The number of nitrogens with zero attached hydrogens (tertiary/aromatic N) is 1. The van der Waals surface area contributed by atoms with Gasteiger partial charge in [0.1, 0.15) is 54.7 Å². The van der Waals surface area contributed by atoms with E-state index in [1.54, 1.807) is 0 Å². The summed E-state index contributed by atoms with van der Waals surface area (Å²) < 4.78 is 94.8. The van der Waals surface area contributed by atoms with Crippen LogP contribution in [-0.4, -0.2) is 85.1 Å². The largest absolute Gasteiger partial charge is 0.463 e. The lowest BCUT2D eigenvalue weighted by atomic mass is 9.95.